The van der Waals surface area contributed by atoms with Gasteiger partial charge in [-0.2, -0.15) is 0 Å². The number of hydrogen-bond donors (Lipinski definition) is 1. The van der Waals surface area contributed by atoms with Crippen LogP contribution in [0, 0.1) is 6.92 Å². The number of rotatable bonds is 4. The van der Waals surface area contributed by atoms with Gasteiger partial charge in [-0.1, -0.05) is 15.9 Å². The Balaban J connectivity index is 2.82. The average Bonchev–Trinajstić information content (AvgIpc) is 2.23. The van der Waals surface area contributed by atoms with Gasteiger partial charge in [0.05, 0.1) is 12.2 Å². The third-order valence-electron chi connectivity index (χ3n) is 2.09. The van der Waals surface area contributed by atoms with Gasteiger partial charge in [0.15, 0.2) is 0 Å². The molecule has 88 valence electrons. The molecule has 0 amide bonds. The van der Waals surface area contributed by atoms with Crippen LogP contribution in [0.2, 0.25) is 0 Å². The molecule has 0 aromatic heterocycles. The summed E-state index contributed by atoms with van der Waals surface area (Å²) in [7, 11) is 1.55. The lowest BCUT2D eigenvalue weighted by Gasteiger charge is -2.09. The molecule has 2 N–H and O–H groups in total. The van der Waals surface area contributed by atoms with Crippen molar-refractivity contribution in [2.45, 2.75) is 6.92 Å². The number of halogens is 1. The number of aryl methyl sites for hydroxylation is 1. The summed E-state index contributed by atoms with van der Waals surface area (Å²) in [6.45, 7) is 2.44. The molecule has 0 heterocycles. The number of hydrogen-bond acceptors (Lipinski definition) is 4. The van der Waals surface area contributed by atoms with Gasteiger partial charge < -0.3 is 15.2 Å². The number of ether oxygens (including phenoxy) is 2. The van der Waals surface area contributed by atoms with Crippen LogP contribution in [0.4, 0.5) is 5.69 Å². The monoisotopic (exact) mass is 287 g/mol. The number of methoxy groups -OCH3 is 1. The van der Waals surface area contributed by atoms with E-state index in [9.17, 15) is 4.79 Å². The first kappa shape index (κ1) is 13.0. The summed E-state index contributed by atoms with van der Waals surface area (Å²) in [5.41, 5.74) is 7.47. The fourth-order valence-electron chi connectivity index (χ4n) is 1.22. The maximum Gasteiger partial charge on any atom is 0.340 e. The maximum atomic E-state index is 11.7. The van der Waals surface area contributed by atoms with Gasteiger partial charge in [-0.15, -0.1) is 0 Å². The second-order valence-corrected chi connectivity index (χ2v) is 4.23. The van der Waals surface area contributed by atoms with Crippen LogP contribution >= 0.6 is 15.9 Å². The third kappa shape index (κ3) is 3.21. The quantitative estimate of drug-likeness (QED) is 0.524. The summed E-state index contributed by atoms with van der Waals surface area (Å²) >= 11 is 3.31. The highest BCUT2D eigenvalue weighted by atomic mass is 79.9. The van der Waals surface area contributed by atoms with Crippen LogP contribution in [0.5, 0.6) is 0 Å². The van der Waals surface area contributed by atoms with E-state index in [0.717, 1.165) is 10.0 Å². The predicted octanol–water partition coefficient (Wildman–Crippen LogP) is 2.14. The first-order valence-electron chi connectivity index (χ1n) is 4.78. The molecule has 0 spiro atoms. The van der Waals surface area contributed by atoms with Crippen molar-refractivity contribution in [3.8, 4) is 0 Å². The number of esters is 1. The second kappa shape index (κ2) is 5.86. The first-order chi connectivity index (χ1) is 7.56. The summed E-state index contributed by atoms with van der Waals surface area (Å²) in [4.78, 5) is 11.7. The van der Waals surface area contributed by atoms with Gasteiger partial charge >= 0.3 is 5.97 Å². The molecular weight excluding hydrogens is 274 g/mol. The standard InChI is InChI=1S/C11H14BrNO3/c1-7-5-8(12)6-9(10(7)13)11(14)16-4-3-15-2/h5-6H,3-4,13H2,1-2H3. The normalized spacial score (nSPS) is 10.2. The number of nitrogen functional groups attached to an aromatic ring is 1. The smallest absolute Gasteiger partial charge is 0.340 e. The van der Waals surface area contributed by atoms with E-state index < -0.39 is 5.97 Å². The molecule has 0 aliphatic carbocycles. The summed E-state index contributed by atoms with van der Waals surface area (Å²) in [6, 6.07) is 3.50. The predicted molar refractivity (Wildman–Crippen MR) is 65.4 cm³/mol. The Hall–Kier alpha value is -1.07. The lowest BCUT2D eigenvalue weighted by molar-refractivity contribution is 0.0389. The molecule has 1 rings (SSSR count). The van der Waals surface area contributed by atoms with Crippen LogP contribution in [0.15, 0.2) is 16.6 Å². The molecule has 1 aromatic carbocycles. The average molecular weight is 288 g/mol. The van der Waals surface area contributed by atoms with Crippen molar-refractivity contribution in [1.82, 2.24) is 0 Å². The molecule has 0 atom stereocenters. The summed E-state index contributed by atoms with van der Waals surface area (Å²) in [5.74, 6) is -0.432. The molecular formula is C11H14BrNO3. The number of carbonyl (C=O) groups is 1. The second-order valence-electron chi connectivity index (χ2n) is 3.31. The Morgan fingerprint density at radius 2 is 2.12 bits per heavy atom. The molecule has 16 heavy (non-hydrogen) atoms. The molecule has 0 bridgehead atoms. The molecule has 4 nitrogen and oxygen atoms in total. The minimum absolute atomic E-state index is 0.223. The van der Waals surface area contributed by atoms with E-state index in [1.807, 2.05) is 13.0 Å². The molecule has 0 saturated carbocycles. The molecule has 0 saturated heterocycles. The van der Waals surface area contributed by atoms with Crippen LogP contribution < -0.4 is 5.73 Å². The van der Waals surface area contributed by atoms with Gasteiger partial charge in [-0.25, -0.2) is 4.79 Å². The Labute approximate surface area is 103 Å². The molecule has 5 heteroatoms. The minimum Gasteiger partial charge on any atom is -0.460 e. The van der Waals surface area contributed by atoms with Crippen molar-refractivity contribution >= 4 is 27.6 Å². The van der Waals surface area contributed by atoms with E-state index in [1.54, 1.807) is 13.2 Å². The largest absolute Gasteiger partial charge is 0.460 e. The number of anilines is 1. The Kier molecular flexibility index (Phi) is 4.76. The minimum atomic E-state index is -0.432. The molecule has 0 unspecified atom stereocenters. The fraction of sp³-hybridized carbons (Fsp3) is 0.364. The van der Waals surface area contributed by atoms with Crippen LogP contribution in [-0.4, -0.2) is 26.3 Å². The highest BCUT2D eigenvalue weighted by Gasteiger charge is 2.13. The molecule has 0 fully saturated rings. The highest BCUT2D eigenvalue weighted by Crippen LogP contribution is 2.23. The van der Waals surface area contributed by atoms with Crippen molar-refractivity contribution in [3.05, 3.63) is 27.7 Å². The number of benzene rings is 1. The lowest BCUT2D eigenvalue weighted by Crippen LogP contribution is -2.12. The van der Waals surface area contributed by atoms with Crippen molar-refractivity contribution < 1.29 is 14.3 Å². The van der Waals surface area contributed by atoms with Crippen molar-refractivity contribution in [2.75, 3.05) is 26.1 Å². The molecule has 0 radical (unpaired) electrons. The van der Waals surface area contributed by atoms with E-state index in [2.05, 4.69) is 15.9 Å². The van der Waals surface area contributed by atoms with Gasteiger partial charge in [-0.3, -0.25) is 0 Å². The summed E-state index contributed by atoms with van der Waals surface area (Å²) in [5, 5.41) is 0. The van der Waals surface area contributed by atoms with Gasteiger partial charge in [0, 0.05) is 17.3 Å². The zero-order valence-corrected chi connectivity index (χ0v) is 10.8. The molecule has 0 aliphatic heterocycles. The van der Waals surface area contributed by atoms with Crippen LogP contribution in [0.3, 0.4) is 0 Å². The van der Waals surface area contributed by atoms with Gasteiger partial charge in [-0.05, 0) is 24.6 Å². The number of nitrogens with two attached hydrogens (primary N) is 1. The highest BCUT2D eigenvalue weighted by molar-refractivity contribution is 9.10. The van der Waals surface area contributed by atoms with E-state index in [-0.39, 0.29) is 6.61 Å². The maximum absolute atomic E-state index is 11.7. The molecule has 0 aliphatic rings. The van der Waals surface area contributed by atoms with Gasteiger partial charge in [0.25, 0.3) is 0 Å². The van der Waals surface area contributed by atoms with Crippen LogP contribution in [0.25, 0.3) is 0 Å². The lowest BCUT2D eigenvalue weighted by atomic mass is 10.1. The fourth-order valence-corrected chi connectivity index (χ4v) is 1.79. The Bertz CT molecular complexity index is 393. The summed E-state index contributed by atoms with van der Waals surface area (Å²) in [6.07, 6.45) is 0. The third-order valence-corrected chi connectivity index (χ3v) is 2.55. The van der Waals surface area contributed by atoms with E-state index in [1.165, 1.54) is 0 Å². The Morgan fingerprint density at radius 3 is 2.75 bits per heavy atom. The van der Waals surface area contributed by atoms with Gasteiger partial charge in [0.2, 0.25) is 0 Å². The van der Waals surface area contributed by atoms with E-state index in [0.29, 0.717) is 17.9 Å². The zero-order chi connectivity index (χ0) is 12.1. The Morgan fingerprint density at radius 1 is 1.44 bits per heavy atom. The molecule has 1 aromatic rings. The zero-order valence-electron chi connectivity index (χ0n) is 9.25. The topological polar surface area (TPSA) is 61.5 Å². The van der Waals surface area contributed by atoms with Crippen molar-refractivity contribution in [2.24, 2.45) is 0 Å². The van der Waals surface area contributed by atoms with Crippen molar-refractivity contribution in [1.29, 1.82) is 0 Å². The van der Waals surface area contributed by atoms with Gasteiger partial charge in [0.1, 0.15) is 6.61 Å². The van der Waals surface area contributed by atoms with Crippen LogP contribution in [0.1, 0.15) is 15.9 Å². The SMILES string of the molecule is COCCOC(=O)c1cc(Br)cc(C)c1N. The summed E-state index contributed by atoms with van der Waals surface area (Å²) < 4.78 is 10.6. The van der Waals surface area contributed by atoms with Crippen LogP contribution in [-0.2, 0) is 9.47 Å². The van der Waals surface area contributed by atoms with E-state index >= 15 is 0 Å². The number of carbonyl (C=O) groups excluding carboxylic acids is 1. The van der Waals surface area contributed by atoms with E-state index in [4.69, 9.17) is 15.2 Å². The van der Waals surface area contributed by atoms with Crippen molar-refractivity contribution in [3.63, 3.8) is 0 Å². The first-order valence-corrected chi connectivity index (χ1v) is 5.57.